The minimum Gasteiger partial charge on any atom is -0.356 e. The largest absolute Gasteiger partial charge is 0.417 e. The molecule has 1 saturated heterocycles. The summed E-state index contributed by atoms with van der Waals surface area (Å²) >= 11 is 6.04. The SMILES string of the molecule is CCC(C)NC(=O)CCNC(=NC)NC1CCN(c2ncc(C(F)(F)F)cc2Cl)C1. The van der Waals surface area contributed by atoms with Crippen LogP contribution in [0.4, 0.5) is 19.0 Å². The van der Waals surface area contributed by atoms with Crippen LogP contribution in [0.25, 0.3) is 0 Å². The van der Waals surface area contributed by atoms with Gasteiger partial charge in [0.25, 0.3) is 0 Å². The van der Waals surface area contributed by atoms with Crippen molar-refractivity contribution in [3.8, 4) is 0 Å². The predicted molar refractivity (Wildman–Crippen MR) is 112 cm³/mol. The summed E-state index contributed by atoms with van der Waals surface area (Å²) in [4.78, 5) is 21.7. The summed E-state index contributed by atoms with van der Waals surface area (Å²) in [7, 11) is 1.63. The van der Waals surface area contributed by atoms with Crippen LogP contribution < -0.4 is 20.9 Å². The Morgan fingerprint density at radius 1 is 1.47 bits per heavy atom. The third kappa shape index (κ3) is 6.93. The van der Waals surface area contributed by atoms with Crippen LogP contribution in [0.15, 0.2) is 17.3 Å². The maximum Gasteiger partial charge on any atom is 0.417 e. The number of carbonyl (C=O) groups is 1. The van der Waals surface area contributed by atoms with Gasteiger partial charge in [0.2, 0.25) is 5.91 Å². The number of hydrogen-bond donors (Lipinski definition) is 3. The molecule has 168 valence electrons. The van der Waals surface area contributed by atoms with Crippen LogP contribution in [0.5, 0.6) is 0 Å². The first-order chi connectivity index (χ1) is 14.1. The summed E-state index contributed by atoms with van der Waals surface area (Å²) in [6.07, 6.45) is -1.74. The number of guanidine groups is 1. The highest BCUT2D eigenvalue weighted by Crippen LogP contribution is 2.34. The lowest BCUT2D eigenvalue weighted by Crippen LogP contribution is -2.45. The molecule has 2 unspecified atom stereocenters. The van der Waals surface area contributed by atoms with E-state index in [0.29, 0.717) is 37.8 Å². The van der Waals surface area contributed by atoms with Gasteiger partial charge in [-0.3, -0.25) is 9.79 Å². The van der Waals surface area contributed by atoms with Crippen LogP contribution in [0.1, 0.15) is 38.7 Å². The van der Waals surface area contributed by atoms with Gasteiger partial charge in [-0.25, -0.2) is 4.98 Å². The molecule has 1 aromatic rings. The Bertz CT molecular complexity index is 758. The highest BCUT2D eigenvalue weighted by atomic mass is 35.5. The first kappa shape index (κ1) is 24.0. The molecule has 2 rings (SSSR count). The molecule has 7 nitrogen and oxygen atoms in total. The van der Waals surface area contributed by atoms with Crippen LogP contribution in [0, 0.1) is 0 Å². The van der Waals surface area contributed by atoms with E-state index >= 15 is 0 Å². The number of aliphatic imine (C=N–C) groups is 1. The zero-order chi connectivity index (χ0) is 22.3. The van der Waals surface area contributed by atoms with Gasteiger partial charge < -0.3 is 20.9 Å². The van der Waals surface area contributed by atoms with E-state index in [2.05, 4.69) is 25.9 Å². The molecule has 11 heteroatoms. The number of halogens is 4. The van der Waals surface area contributed by atoms with Gasteiger partial charge >= 0.3 is 6.18 Å². The second kappa shape index (κ2) is 10.7. The molecular formula is C19H28ClF3N6O. The lowest BCUT2D eigenvalue weighted by Gasteiger charge is -2.21. The molecule has 1 aliphatic heterocycles. The van der Waals surface area contributed by atoms with E-state index in [4.69, 9.17) is 11.6 Å². The first-order valence-corrected chi connectivity index (χ1v) is 10.3. The number of aromatic nitrogens is 1. The number of nitrogens with zero attached hydrogens (tertiary/aromatic N) is 3. The van der Waals surface area contributed by atoms with Gasteiger partial charge in [0.05, 0.1) is 10.6 Å². The van der Waals surface area contributed by atoms with E-state index in [1.54, 1.807) is 7.05 Å². The Morgan fingerprint density at radius 3 is 2.80 bits per heavy atom. The van der Waals surface area contributed by atoms with Crippen molar-refractivity contribution in [2.75, 3.05) is 31.6 Å². The van der Waals surface area contributed by atoms with E-state index in [9.17, 15) is 18.0 Å². The minimum atomic E-state index is -4.48. The Kier molecular flexibility index (Phi) is 8.57. The summed E-state index contributed by atoms with van der Waals surface area (Å²) in [5, 5.41) is 9.24. The molecule has 0 spiro atoms. The average molecular weight is 449 g/mol. The third-order valence-electron chi connectivity index (χ3n) is 4.87. The van der Waals surface area contributed by atoms with Crippen molar-refractivity contribution < 1.29 is 18.0 Å². The highest BCUT2D eigenvalue weighted by molar-refractivity contribution is 6.33. The van der Waals surface area contributed by atoms with E-state index < -0.39 is 11.7 Å². The van der Waals surface area contributed by atoms with Crippen LogP contribution in [0.3, 0.4) is 0 Å². The fraction of sp³-hybridized carbons (Fsp3) is 0.632. The molecular weight excluding hydrogens is 421 g/mol. The third-order valence-corrected chi connectivity index (χ3v) is 5.14. The highest BCUT2D eigenvalue weighted by Gasteiger charge is 2.33. The fourth-order valence-corrected chi connectivity index (χ4v) is 3.31. The van der Waals surface area contributed by atoms with E-state index in [1.165, 1.54) is 0 Å². The Morgan fingerprint density at radius 2 is 2.20 bits per heavy atom. The Labute approximate surface area is 179 Å². The number of alkyl halides is 3. The molecule has 2 atom stereocenters. The van der Waals surface area contributed by atoms with Gasteiger partial charge in [-0.2, -0.15) is 13.2 Å². The summed E-state index contributed by atoms with van der Waals surface area (Å²) in [6.45, 7) is 5.52. The molecule has 3 N–H and O–H groups in total. The van der Waals surface area contributed by atoms with E-state index in [1.807, 2.05) is 18.7 Å². The number of rotatable bonds is 7. The summed E-state index contributed by atoms with van der Waals surface area (Å²) < 4.78 is 38.4. The molecule has 0 bridgehead atoms. The van der Waals surface area contributed by atoms with Crippen molar-refractivity contribution in [1.82, 2.24) is 20.9 Å². The number of hydrogen-bond acceptors (Lipinski definition) is 4. The maximum absolute atomic E-state index is 12.8. The normalized spacial score (nSPS) is 18.3. The summed E-state index contributed by atoms with van der Waals surface area (Å²) in [6, 6.07) is 1.06. The second-order valence-corrected chi connectivity index (χ2v) is 7.64. The minimum absolute atomic E-state index is 0.0188. The average Bonchev–Trinajstić information content (AvgIpc) is 3.14. The van der Waals surface area contributed by atoms with Gasteiger partial charge in [-0.05, 0) is 25.8 Å². The number of pyridine rings is 1. The molecule has 0 aliphatic carbocycles. The van der Waals surface area contributed by atoms with Gasteiger partial charge in [0, 0.05) is 51.4 Å². The standard InChI is InChI=1S/C19H28ClF3N6O/c1-4-12(2)27-16(30)5-7-25-18(24-3)28-14-6-8-29(11-14)17-15(20)9-13(10-26-17)19(21,22)23/h9-10,12,14H,4-8,11H2,1-3H3,(H,27,30)(H2,24,25,28). The topological polar surface area (TPSA) is 81.6 Å². The molecule has 30 heavy (non-hydrogen) atoms. The van der Waals surface area contributed by atoms with Crippen molar-refractivity contribution in [2.24, 2.45) is 4.99 Å². The van der Waals surface area contributed by atoms with Gasteiger partial charge in [-0.1, -0.05) is 18.5 Å². The molecule has 0 radical (unpaired) electrons. The maximum atomic E-state index is 12.8. The molecule has 1 aromatic heterocycles. The Hall–Kier alpha value is -2.23. The second-order valence-electron chi connectivity index (χ2n) is 7.23. The zero-order valence-electron chi connectivity index (χ0n) is 17.3. The number of anilines is 1. The van der Waals surface area contributed by atoms with Gasteiger partial charge in [0.1, 0.15) is 5.82 Å². The molecule has 1 fully saturated rings. The smallest absolute Gasteiger partial charge is 0.356 e. The number of carbonyl (C=O) groups excluding carboxylic acids is 1. The Balaban J connectivity index is 1.84. The summed E-state index contributed by atoms with van der Waals surface area (Å²) in [5.74, 6) is 0.866. The fourth-order valence-electron chi connectivity index (χ4n) is 3.02. The quantitative estimate of drug-likeness (QED) is 0.441. The molecule has 1 aliphatic rings. The van der Waals surface area contributed by atoms with E-state index in [0.717, 1.165) is 25.1 Å². The molecule has 0 aromatic carbocycles. The molecule has 1 amide bonds. The summed E-state index contributed by atoms with van der Waals surface area (Å²) in [5.41, 5.74) is -0.868. The van der Waals surface area contributed by atoms with Crippen LogP contribution in [-0.2, 0) is 11.0 Å². The van der Waals surface area contributed by atoms with Crippen molar-refractivity contribution in [3.05, 3.63) is 22.8 Å². The van der Waals surface area contributed by atoms with Crippen LogP contribution >= 0.6 is 11.6 Å². The van der Waals surface area contributed by atoms with Crippen molar-refractivity contribution in [1.29, 1.82) is 0 Å². The van der Waals surface area contributed by atoms with Crippen molar-refractivity contribution in [3.63, 3.8) is 0 Å². The lowest BCUT2D eigenvalue weighted by atomic mass is 10.2. The first-order valence-electron chi connectivity index (χ1n) is 9.88. The van der Waals surface area contributed by atoms with Crippen molar-refractivity contribution in [2.45, 2.75) is 51.4 Å². The monoisotopic (exact) mass is 448 g/mol. The van der Waals surface area contributed by atoms with Crippen LogP contribution in [0.2, 0.25) is 5.02 Å². The van der Waals surface area contributed by atoms with E-state index in [-0.39, 0.29) is 23.0 Å². The lowest BCUT2D eigenvalue weighted by molar-refractivity contribution is -0.137. The zero-order valence-corrected chi connectivity index (χ0v) is 18.1. The number of nitrogens with one attached hydrogen (secondary N) is 3. The predicted octanol–water partition coefficient (Wildman–Crippen LogP) is 2.80. The van der Waals surface area contributed by atoms with Crippen LogP contribution in [-0.4, -0.2) is 55.6 Å². The molecule has 2 heterocycles. The number of amides is 1. The van der Waals surface area contributed by atoms with Crippen molar-refractivity contribution >= 4 is 29.3 Å². The van der Waals surface area contributed by atoms with Gasteiger partial charge in [-0.15, -0.1) is 0 Å². The molecule has 0 saturated carbocycles. The van der Waals surface area contributed by atoms with Gasteiger partial charge in [0.15, 0.2) is 5.96 Å².